The summed E-state index contributed by atoms with van der Waals surface area (Å²) in [5, 5.41) is 10.0. The van der Waals surface area contributed by atoms with Crippen molar-refractivity contribution in [2.24, 2.45) is 0 Å². The Morgan fingerprint density at radius 1 is 1.67 bits per heavy atom. The van der Waals surface area contributed by atoms with Crippen molar-refractivity contribution in [3.63, 3.8) is 0 Å². The van der Waals surface area contributed by atoms with Crippen molar-refractivity contribution < 1.29 is 4.79 Å². The van der Waals surface area contributed by atoms with E-state index < -0.39 is 0 Å². The molecule has 0 fully saturated rings. The molecule has 0 saturated carbocycles. The van der Waals surface area contributed by atoms with Crippen LogP contribution in [0.4, 0.5) is 0 Å². The highest BCUT2D eigenvalue weighted by Crippen LogP contribution is 2.18. The molecular weight excluding hydrogens is 260 g/mol. The number of rotatable bonds is 2. The molecule has 2 aromatic rings. The molecule has 78 valence electrons. The smallest absolute Gasteiger partial charge is 0.269 e. The molecule has 5 nitrogen and oxygen atoms in total. The predicted molar refractivity (Wildman–Crippen MR) is 59.6 cm³/mol. The van der Waals surface area contributed by atoms with Crippen LogP contribution in [0.2, 0.25) is 0 Å². The topological polar surface area (TPSA) is 70.7 Å². The van der Waals surface area contributed by atoms with Crippen LogP contribution in [0.15, 0.2) is 16.7 Å². The molecule has 2 heterocycles. The number of nitrogens with one attached hydrogen (secondary N) is 2. The maximum atomic E-state index is 11.6. The van der Waals surface area contributed by atoms with Crippen LogP contribution >= 0.6 is 15.9 Å². The third kappa shape index (κ3) is 1.85. The Bertz CT molecular complexity index is 508. The maximum absolute atomic E-state index is 11.6. The third-order valence-corrected chi connectivity index (χ3v) is 2.37. The molecule has 0 spiro atoms. The Morgan fingerprint density at radius 2 is 2.47 bits per heavy atom. The monoisotopic (exact) mass is 268 g/mol. The van der Waals surface area contributed by atoms with Crippen molar-refractivity contribution in [3.8, 4) is 0 Å². The lowest BCUT2D eigenvalue weighted by Crippen LogP contribution is -2.23. The second kappa shape index (κ2) is 3.98. The zero-order valence-electron chi connectivity index (χ0n) is 8.04. The number of amides is 1. The van der Waals surface area contributed by atoms with Crippen molar-refractivity contribution in [2.45, 2.75) is 6.92 Å². The molecule has 0 aliphatic carbocycles. The molecule has 6 heteroatoms. The average molecular weight is 269 g/mol. The number of halogens is 1. The first-order valence-corrected chi connectivity index (χ1v) is 5.29. The minimum atomic E-state index is -0.167. The standard InChI is InChI=1S/C9H9BrN4O/c1-2-11-9(15)7-6-3-5(10)4-12-8(6)14-13-7/h3-4H,2H2,1H3,(H,11,15)(H,12,13,14). The van der Waals surface area contributed by atoms with E-state index in [1.165, 1.54) is 0 Å². The summed E-state index contributed by atoms with van der Waals surface area (Å²) >= 11 is 3.30. The molecule has 2 aromatic heterocycles. The van der Waals surface area contributed by atoms with Crippen LogP contribution in [0.3, 0.4) is 0 Å². The summed E-state index contributed by atoms with van der Waals surface area (Å²) < 4.78 is 0.821. The van der Waals surface area contributed by atoms with Crippen molar-refractivity contribution in [3.05, 3.63) is 22.4 Å². The number of fused-ring (bicyclic) bond motifs is 1. The van der Waals surface area contributed by atoms with Crippen LogP contribution in [0.5, 0.6) is 0 Å². The van der Waals surface area contributed by atoms with Crippen LogP contribution in [-0.2, 0) is 0 Å². The van der Waals surface area contributed by atoms with Gasteiger partial charge in [-0.3, -0.25) is 9.89 Å². The Labute approximate surface area is 94.4 Å². The molecule has 0 bridgehead atoms. The van der Waals surface area contributed by atoms with Gasteiger partial charge in [-0.15, -0.1) is 0 Å². The molecule has 0 saturated heterocycles. The van der Waals surface area contributed by atoms with Gasteiger partial charge in [0, 0.05) is 17.2 Å². The van der Waals surface area contributed by atoms with Crippen LogP contribution in [0.25, 0.3) is 11.0 Å². The number of hydrogen-bond donors (Lipinski definition) is 2. The Hall–Kier alpha value is -1.43. The quantitative estimate of drug-likeness (QED) is 0.867. The molecule has 0 aromatic carbocycles. The van der Waals surface area contributed by atoms with Crippen LogP contribution in [0, 0.1) is 0 Å². The molecule has 0 aliphatic rings. The lowest BCUT2D eigenvalue weighted by molar-refractivity contribution is 0.0952. The van der Waals surface area contributed by atoms with E-state index in [9.17, 15) is 4.79 Å². The lowest BCUT2D eigenvalue weighted by Gasteiger charge is -1.98. The molecule has 0 unspecified atom stereocenters. The fourth-order valence-electron chi connectivity index (χ4n) is 1.30. The summed E-state index contributed by atoms with van der Waals surface area (Å²) in [5.41, 5.74) is 0.986. The van der Waals surface area contributed by atoms with E-state index in [4.69, 9.17) is 0 Å². The number of carbonyl (C=O) groups is 1. The first kappa shape index (κ1) is 10.1. The van der Waals surface area contributed by atoms with Gasteiger partial charge in [-0.05, 0) is 28.9 Å². The highest BCUT2D eigenvalue weighted by molar-refractivity contribution is 9.10. The highest BCUT2D eigenvalue weighted by atomic mass is 79.9. The second-order valence-corrected chi connectivity index (χ2v) is 3.90. The van der Waals surface area contributed by atoms with Gasteiger partial charge in [0.2, 0.25) is 0 Å². The van der Waals surface area contributed by atoms with Gasteiger partial charge < -0.3 is 5.32 Å². The van der Waals surface area contributed by atoms with Gasteiger partial charge in [0.15, 0.2) is 5.65 Å². The van der Waals surface area contributed by atoms with Crippen LogP contribution < -0.4 is 5.32 Å². The Kier molecular flexibility index (Phi) is 2.68. The summed E-state index contributed by atoms with van der Waals surface area (Å²) in [5.74, 6) is -0.167. The normalized spacial score (nSPS) is 10.5. The summed E-state index contributed by atoms with van der Waals surface area (Å²) in [6.45, 7) is 2.45. The highest BCUT2D eigenvalue weighted by Gasteiger charge is 2.13. The van der Waals surface area contributed by atoms with E-state index in [-0.39, 0.29) is 5.91 Å². The van der Waals surface area contributed by atoms with Gasteiger partial charge in [0.1, 0.15) is 5.69 Å². The molecule has 15 heavy (non-hydrogen) atoms. The second-order valence-electron chi connectivity index (χ2n) is 2.98. The number of hydrogen-bond acceptors (Lipinski definition) is 3. The van der Waals surface area contributed by atoms with Crippen LogP contribution in [0.1, 0.15) is 17.4 Å². The molecule has 0 atom stereocenters. The van der Waals surface area contributed by atoms with Crippen molar-refractivity contribution in [1.29, 1.82) is 0 Å². The van der Waals surface area contributed by atoms with E-state index >= 15 is 0 Å². The number of H-pyrrole nitrogens is 1. The molecular formula is C9H9BrN4O. The van der Waals surface area contributed by atoms with Gasteiger partial charge in [0.05, 0.1) is 5.39 Å². The molecule has 0 aliphatic heterocycles. The lowest BCUT2D eigenvalue weighted by atomic mass is 10.2. The zero-order chi connectivity index (χ0) is 10.8. The first-order chi connectivity index (χ1) is 7.22. The van der Waals surface area contributed by atoms with Gasteiger partial charge in [-0.1, -0.05) is 0 Å². The molecule has 1 amide bonds. The van der Waals surface area contributed by atoms with Crippen molar-refractivity contribution in [2.75, 3.05) is 6.54 Å². The van der Waals surface area contributed by atoms with E-state index in [0.717, 1.165) is 9.86 Å². The molecule has 2 rings (SSSR count). The minimum Gasteiger partial charge on any atom is -0.351 e. The Morgan fingerprint density at radius 3 is 3.20 bits per heavy atom. The number of carbonyl (C=O) groups excluding carboxylic acids is 1. The first-order valence-electron chi connectivity index (χ1n) is 4.50. The van der Waals surface area contributed by atoms with E-state index in [1.807, 2.05) is 13.0 Å². The van der Waals surface area contributed by atoms with E-state index in [0.29, 0.717) is 17.9 Å². The van der Waals surface area contributed by atoms with Gasteiger partial charge in [-0.2, -0.15) is 5.10 Å². The summed E-state index contributed by atoms with van der Waals surface area (Å²) in [7, 11) is 0. The molecule has 0 radical (unpaired) electrons. The van der Waals surface area contributed by atoms with Crippen molar-refractivity contribution in [1.82, 2.24) is 20.5 Å². The third-order valence-electron chi connectivity index (χ3n) is 1.94. The minimum absolute atomic E-state index is 0.167. The van der Waals surface area contributed by atoms with Gasteiger partial charge in [-0.25, -0.2) is 4.98 Å². The van der Waals surface area contributed by atoms with Crippen molar-refractivity contribution >= 4 is 32.9 Å². The van der Waals surface area contributed by atoms with E-state index in [1.54, 1.807) is 6.20 Å². The summed E-state index contributed by atoms with van der Waals surface area (Å²) in [6.07, 6.45) is 1.64. The summed E-state index contributed by atoms with van der Waals surface area (Å²) in [6, 6.07) is 1.82. The summed E-state index contributed by atoms with van der Waals surface area (Å²) in [4.78, 5) is 15.7. The zero-order valence-corrected chi connectivity index (χ0v) is 9.63. The van der Waals surface area contributed by atoms with Gasteiger partial charge >= 0.3 is 0 Å². The number of nitrogens with zero attached hydrogens (tertiary/aromatic N) is 2. The fourth-order valence-corrected chi connectivity index (χ4v) is 1.63. The predicted octanol–water partition coefficient (Wildman–Crippen LogP) is 1.47. The van der Waals surface area contributed by atoms with E-state index in [2.05, 4.69) is 36.4 Å². The number of aromatic amines is 1. The largest absolute Gasteiger partial charge is 0.351 e. The maximum Gasteiger partial charge on any atom is 0.269 e. The molecule has 2 N–H and O–H groups in total. The average Bonchev–Trinajstić information content (AvgIpc) is 2.60. The Balaban J connectivity index is 2.52. The SMILES string of the molecule is CCNC(=O)c1[nH]nc2ncc(Br)cc12. The van der Waals surface area contributed by atoms with Gasteiger partial charge in [0.25, 0.3) is 5.91 Å². The number of pyridine rings is 1. The van der Waals surface area contributed by atoms with Crippen LogP contribution in [-0.4, -0.2) is 27.6 Å². The number of aromatic nitrogens is 3. The fraction of sp³-hybridized carbons (Fsp3) is 0.222.